The lowest BCUT2D eigenvalue weighted by Gasteiger charge is -2.38. The van der Waals surface area contributed by atoms with E-state index in [1.807, 2.05) is 6.07 Å². The third-order valence-electron chi connectivity index (χ3n) is 7.68. The molecule has 0 aromatic heterocycles. The summed E-state index contributed by atoms with van der Waals surface area (Å²) in [5, 5.41) is 13.7. The Bertz CT molecular complexity index is 1250. The molecule has 0 radical (unpaired) electrons. The molecule has 8 nitrogen and oxygen atoms in total. The van der Waals surface area contributed by atoms with E-state index in [-0.39, 0.29) is 31.2 Å². The number of fused-ring (bicyclic) bond motifs is 1. The monoisotopic (exact) mass is 570 g/mol. The highest BCUT2D eigenvalue weighted by Crippen LogP contribution is 2.42. The molecule has 206 valence electrons. The van der Waals surface area contributed by atoms with Crippen LogP contribution in [0.1, 0.15) is 53.6 Å². The molecule has 0 bridgehead atoms. The van der Waals surface area contributed by atoms with E-state index in [1.54, 1.807) is 30.3 Å². The highest BCUT2D eigenvalue weighted by atomic mass is 35.5. The van der Waals surface area contributed by atoms with Crippen molar-refractivity contribution >= 4 is 41.3 Å². The van der Waals surface area contributed by atoms with E-state index in [1.165, 1.54) is 11.9 Å². The maximum Gasteiger partial charge on any atom is 0.255 e. The van der Waals surface area contributed by atoms with Crippen molar-refractivity contribution in [2.24, 2.45) is 0 Å². The fraction of sp³-hybridized carbons (Fsp3) is 0.448. The van der Waals surface area contributed by atoms with Crippen molar-refractivity contribution in [3.05, 3.63) is 63.1 Å². The van der Waals surface area contributed by atoms with Gasteiger partial charge < -0.3 is 24.6 Å². The molecule has 1 N–H and O–H groups in total. The van der Waals surface area contributed by atoms with E-state index >= 15 is 0 Å². The van der Waals surface area contributed by atoms with Gasteiger partial charge in [-0.05, 0) is 63.0 Å². The zero-order valence-electron chi connectivity index (χ0n) is 21.9. The number of likely N-dealkylation sites (N-methyl/N-ethyl adjacent to an activating group) is 1. The molecule has 39 heavy (non-hydrogen) atoms. The summed E-state index contributed by atoms with van der Waals surface area (Å²) in [6.07, 6.45) is 3.29. The fourth-order valence-corrected chi connectivity index (χ4v) is 6.29. The van der Waals surface area contributed by atoms with Gasteiger partial charge in [0.2, 0.25) is 5.91 Å². The lowest BCUT2D eigenvalue weighted by atomic mass is 9.74. The van der Waals surface area contributed by atoms with Crippen molar-refractivity contribution in [1.82, 2.24) is 15.1 Å². The number of nitriles is 1. The number of hydrogen-bond acceptors (Lipinski definition) is 6. The van der Waals surface area contributed by atoms with Crippen LogP contribution in [0, 0.1) is 11.3 Å². The van der Waals surface area contributed by atoms with Crippen molar-refractivity contribution < 1.29 is 19.1 Å². The number of hydrogen-bond donors (Lipinski definition) is 1. The van der Waals surface area contributed by atoms with Crippen molar-refractivity contribution in [1.29, 1.82) is 5.26 Å². The van der Waals surface area contributed by atoms with Crippen molar-refractivity contribution in [3.63, 3.8) is 0 Å². The molecular formula is C29H32Cl2N4O4. The Hall–Kier alpha value is -3.12. The molecule has 0 saturated carbocycles. The Morgan fingerprint density at radius 3 is 2.54 bits per heavy atom. The van der Waals surface area contributed by atoms with Crippen LogP contribution in [0.5, 0.6) is 5.75 Å². The van der Waals surface area contributed by atoms with Gasteiger partial charge in [-0.15, -0.1) is 0 Å². The van der Waals surface area contributed by atoms with E-state index in [2.05, 4.69) is 16.3 Å². The average Bonchev–Trinajstić information content (AvgIpc) is 3.28. The quantitative estimate of drug-likeness (QED) is 0.318. The van der Waals surface area contributed by atoms with Crippen LogP contribution in [0.15, 0.2) is 36.4 Å². The van der Waals surface area contributed by atoms with E-state index in [0.29, 0.717) is 40.8 Å². The van der Waals surface area contributed by atoms with Gasteiger partial charge in [-0.25, -0.2) is 0 Å². The molecule has 4 rings (SSSR count). The second-order valence-electron chi connectivity index (χ2n) is 9.92. The maximum atomic E-state index is 13.1. The summed E-state index contributed by atoms with van der Waals surface area (Å²) in [6.45, 7) is 3.03. The molecule has 2 aromatic rings. The van der Waals surface area contributed by atoms with Crippen LogP contribution in [-0.4, -0.2) is 67.2 Å². The van der Waals surface area contributed by atoms with Crippen LogP contribution in [0.3, 0.4) is 0 Å². The van der Waals surface area contributed by atoms with Crippen molar-refractivity contribution in [2.45, 2.75) is 50.1 Å². The van der Waals surface area contributed by atoms with E-state index in [4.69, 9.17) is 27.9 Å². The van der Waals surface area contributed by atoms with Crippen LogP contribution in [-0.2, 0) is 21.5 Å². The number of aldehydes is 1. The first-order chi connectivity index (χ1) is 18.8. The summed E-state index contributed by atoms with van der Waals surface area (Å²) in [6, 6.07) is 12.5. The van der Waals surface area contributed by atoms with Gasteiger partial charge in [-0.3, -0.25) is 9.59 Å². The number of likely N-dealkylation sites (tertiary alicyclic amines) is 1. The van der Waals surface area contributed by atoms with Crippen LogP contribution < -0.4 is 10.1 Å². The molecule has 2 heterocycles. The summed E-state index contributed by atoms with van der Waals surface area (Å²) < 4.78 is 6.10. The number of halogens is 2. The molecule has 0 spiro atoms. The molecule has 1 unspecified atom stereocenters. The largest absolute Gasteiger partial charge is 0.493 e. The van der Waals surface area contributed by atoms with Gasteiger partial charge in [-0.2, -0.15) is 5.26 Å². The van der Waals surface area contributed by atoms with E-state index in [9.17, 15) is 19.6 Å². The predicted molar refractivity (Wildman–Crippen MR) is 149 cm³/mol. The second-order valence-corrected chi connectivity index (χ2v) is 10.7. The number of nitrogens with zero attached hydrogens (tertiary/aromatic N) is 3. The number of piperidine rings is 1. The molecule has 2 aliphatic heterocycles. The summed E-state index contributed by atoms with van der Waals surface area (Å²) >= 11 is 12.9. The summed E-state index contributed by atoms with van der Waals surface area (Å²) in [5.74, 6) is 0.104. The van der Waals surface area contributed by atoms with Gasteiger partial charge in [0.15, 0.2) is 0 Å². The highest BCUT2D eigenvalue weighted by molar-refractivity contribution is 6.36. The first kappa shape index (κ1) is 28.9. The van der Waals surface area contributed by atoms with Gasteiger partial charge in [0.25, 0.3) is 5.91 Å². The van der Waals surface area contributed by atoms with Gasteiger partial charge in [0, 0.05) is 46.7 Å². The molecule has 2 aromatic carbocycles. The molecule has 10 heteroatoms. The number of carbonyl (C=O) groups is 3. The summed E-state index contributed by atoms with van der Waals surface area (Å²) in [7, 11) is 1.52. The number of rotatable bonds is 11. The van der Waals surface area contributed by atoms with Gasteiger partial charge >= 0.3 is 0 Å². The minimum atomic E-state index is -0.715. The third-order valence-corrected chi connectivity index (χ3v) is 8.31. The lowest BCUT2D eigenvalue weighted by molar-refractivity contribution is -0.125. The first-order valence-corrected chi connectivity index (χ1v) is 13.9. The van der Waals surface area contributed by atoms with Crippen LogP contribution in [0.4, 0.5) is 0 Å². The Morgan fingerprint density at radius 2 is 1.90 bits per heavy atom. The third kappa shape index (κ3) is 6.06. The Balaban J connectivity index is 1.32. The maximum absolute atomic E-state index is 13.1. The second kappa shape index (κ2) is 12.8. The average molecular weight is 572 g/mol. The van der Waals surface area contributed by atoms with E-state index < -0.39 is 11.5 Å². The Labute approximate surface area is 238 Å². The SMILES string of the molecule is CNC(=O)C(CCC=O)N1Cc2c(OCCCN3CCC(C#N)(c4c(Cl)cccc4Cl)CC3)cccc2C1=O. The number of ether oxygens (including phenoxy) is 1. The topological polar surface area (TPSA) is 103 Å². The minimum Gasteiger partial charge on any atom is -0.493 e. The lowest BCUT2D eigenvalue weighted by Crippen LogP contribution is -2.46. The van der Waals surface area contributed by atoms with Crippen LogP contribution in [0.25, 0.3) is 0 Å². The minimum absolute atomic E-state index is 0.193. The zero-order valence-corrected chi connectivity index (χ0v) is 23.4. The molecule has 0 aliphatic carbocycles. The fourth-order valence-electron chi connectivity index (χ4n) is 5.54. The summed E-state index contributed by atoms with van der Waals surface area (Å²) in [4.78, 5) is 40.3. The first-order valence-electron chi connectivity index (χ1n) is 13.1. The highest BCUT2D eigenvalue weighted by Gasteiger charge is 2.40. The van der Waals surface area contributed by atoms with Gasteiger partial charge in [-0.1, -0.05) is 35.3 Å². The van der Waals surface area contributed by atoms with Crippen molar-refractivity contribution in [2.75, 3.05) is 33.3 Å². The molecule has 1 saturated heterocycles. The molecule has 1 atom stereocenters. The number of nitrogens with one attached hydrogen (secondary N) is 1. The molecule has 2 amide bonds. The van der Waals surface area contributed by atoms with Gasteiger partial charge in [0.1, 0.15) is 18.1 Å². The summed E-state index contributed by atoms with van der Waals surface area (Å²) in [5.41, 5.74) is 1.32. The smallest absolute Gasteiger partial charge is 0.255 e. The van der Waals surface area contributed by atoms with Gasteiger partial charge in [0.05, 0.1) is 24.6 Å². The predicted octanol–water partition coefficient (Wildman–Crippen LogP) is 4.37. The van der Waals surface area contributed by atoms with E-state index in [0.717, 1.165) is 43.5 Å². The van der Waals surface area contributed by atoms with Crippen LogP contribution >= 0.6 is 23.2 Å². The Kier molecular flexibility index (Phi) is 9.49. The number of carbonyl (C=O) groups excluding carboxylic acids is 3. The zero-order chi connectivity index (χ0) is 28.0. The molecule has 2 aliphatic rings. The molecular weight excluding hydrogens is 539 g/mol. The standard InChI is InChI=1S/C29H32Cl2N4O4/c1-33-27(37)24(9-4-16-36)35-18-21-20(28(35)38)6-2-10-25(21)39-17-5-13-34-14-11-29(19-32,12-15-34)26-22(30)7-3-8-23(26)31/h2-3,6-8,10,16,24H,4-5,9,11-15,17-18H2,1H3,(H,33,37). The Morgan fingerprint density at radius 1 is 1.21 bits per heavy atom. The van der Waals surface area contributed by atoms with Crippen LogP contribution in [0.2, 0.25) is 10.0 Å². The number of amides is 2. The van der Waals surface area contributed by atoms with Crippen molar-refractivity contribution in [3.8, 4) is 11.8 Å². The molecule has 1 fully saturated rings. The normalized spacial score (nSPS) is 17.3. The number of benzene rings is 2.